The van der Waals surface area contributed by atoms with Gasteiger partial charge in [-0.25, -0.2) is 0 Å². The molecule has 0 saturated heterocycles. The smallest absolute Gasteiger partial charge is 0.255 e. The average Bonchev–Trinajstić information content (AvgIpc) is 2.88. The van der Waals surface area contributed by atoms with Crippen molar-refractivity contribution in [3.05, 3.63) is 17.5 Å². The van der Waals surface area contributed by atoms with E-state index in [4.69, 9.17) is 16.7 Å². The van der Waals surface area contributed by atoms with Crippen LogP contribution in [-0.2, 0) is 0 Å². The SMILES string of the molecule is OCC1CCC(Nc2cc(Cl)nc3ncnn23)CC1. The first-order valence-corrected chi connectivity index (χ1v) is 6.87. The van der Waals surface area contributed by atoms with Gasteiger partial charge in [0, 0.05) is 18.7 Å². The molecular weight excluding hydrogens is 266 g/mol. The molecule has 6 nitrogen and oxygen atoms in total. The van der Waals surface area contributed by atoms with E-state index < -0.39 is 0 Å². The number of hydrogen-bond acceptors (Lipinski definition) is 5. The summed E-state index contributed by atoms with van der Waals surface area (Å²) >= 11 is 5.98. The molecule has 0 unspecified atom stereocenters. The number of nitrogens with zero attached hydrogens (tertiary/aromatic N) is 4. The Morgan fingerprint density at radius 3 is 2.89 bits per heavy atom. The van der Waals surface area contributed by atoms with E-state index in [2.05, 4.69) is 20.4 Å². The van der Waals surface area contributed by atoms with Gasteiger partial charge in [0.1, 0.15) is 17.3 Å². The van der Waals surface area contributed by atoms with Crippen LogP contribution in [0.25, 0.3) is 5.78 Å². The van der Waals surface area contributed by atoms with E-state index in [1.54, 1.807) is 10.6 Å². The Morgan fingerprint density at radius 1 is 1.37 bits per heavy atom. The molecule has 0 amide bonds. The Morgan fingerprint density at radius 2 is 2.16 bits per heavy atom. The van der Waals surface area contributed by atoms with E-state index in [1.165, 1.54) is 6.33 Å². The molecule has 102 valence electrons. The molecule has 2 aromatic rings. The first-order valence-electron chi connectivity index (χ1n) is 6.50. The summed E-state index contributed by atoms with van der Waals surface area (Å²) in [6, 6.07) is 2.15. The van der Waals surface area contributed by atoms with Crippen LogP contribution in [0, 0.1) is 5.92 Å². The molecule has 7 heteroatoms. The highest BCUT2D eigenvalue weighted by molar-refractivity contribution is 6.29. The third-order valence-corrected chi connectivity index (χ3v) is 3.87. The Kier molecular flexibility index (Phi) is 3.52. The molecule has 19 heavy (non-hydrogen) atoms. The van der Waals surface area contributed by atoms with Crippen molar-refractivity contribution in [2.24, 2.45) is 5.92 Å². The van der Waals surface area contributed by atoms with E-state index in [0.29, 0.717) is 29.5 Å². The van der Waals surface area contributed by atoms with Crippen molar-refractivity contribution in [3.8, 4) is 0 Å². The third kappa shape index (κ3) is 2.64. The Labute approximate surface area is 115 Å². The lowest BCUT2D eigenvalue weighted by molar-refractivity contribution is 0.185. The van der Waals surface area contributed by atoms with Crippen LogP contribution in [0.1, 0.15) is 25.7 Å². The number of nitrogens with one attached hydrogen (secondary N) is 1. The van der Waals surface area contributed by atoms with Gasteiger partial charge >= 0.3 is 0 Å². The first kappa shape index (κ1) is 12.6. The van der Waals surface area contributed by atoms with Crippen molar-refractivity contribution in [2.75, 3.05) is 11.9 Å². The number of halogens is 1. The van der Waals surface area contributed by atoms with Crippen LogP contribution < -0.4 is 5.32 Å². The largest absolute Gasteiger partial charge is 0.396 e. The molecule has 0 spiro atoms. The molecule has 0 bridgehead atoms. The zero-order chi connectivity index (χ0) is 13.2. The summed E-state index contributed by atoms with van der Waals surface area (Å²) in [4.78, 5) is 8.14. The van der Waals surface area contributed by atoms with Gasteiger partial charge in [-0.15, -0.1) is 0 Å². The van der Waals surface area contributed by atoms with E-state index in [9.17, 15) is 0 Å². The van der Waals surface area contributed by atoms with Crippen LogP contribution in [0.15, 0.2) is 12.4 Å². The van der Waals surface area contributed by atoms with Crippen molar-refractivity contribution < 1.29 is 5.11 Å². The second-order valence-corrected chi connectivity index (χ2v) is 5.37. The molecular formula is C12H16ClN5O. The molecule has 0 radical (unpaired) electrons. The number of aromatic nitrogens is 4. The highest BCUT2D eigenvalue weighted by atomic mass is 35.5. The van der Waals surface area contributed by atoms with E-state index >= 15 is 0 Å². The minimum Gasteiger partial charge on any atom is -0.396 e. The zero-order valence-corrected chi connectivity index (χ0v) is 11.2. The fourth-order valence-corrected chi connectivity index (χ4v) is 2.76. The summed E-state index contributed by atoms with van der Waals surface area (Å²) in [7, 11) is 0. The maximum absolute atomic E-state index is 9.15. The van der Waals surface area contributed by atoms with Gasteiger partial charge in [0.05, 0.1) is 0 Å². The van der Waals surface area contributed by atoms with Crippen LogP contribution in [0.4, 0.5) is 5.82 Å². The maximum atomic E-state index is 9.15. The van der Waals surface area contributed by atoms with Crippen LogP contribution in [0.2, 0.25) is 5.15 Å². The summed E-state index contributed by atoms with van der Waals surface area (Å²) in [6.07, 6.45) is 5.65. The van der Waals surface area contributed by atoms with Gasteiger partial charge < -0.3 is 10.4 Å². The third-order valence-electron chi connectivity index (χ3n) is 3.68. The summed E-state index contributed by atoms with van der Waals surface area (Å²) in [5.41, 5.74) is 0. The number of aliphatic hydroxyl groups excluding tert-OH is 1. The van der Waals surface area contributed by atoms with Gasteiger partial charge in [0.25, 0.3) is 5.78 Å². The Balaban J connectivity index is 1.76. The molecule has 1 aliphatic carbocycles. The Bertz CT molecular complexity index is 564. The average molecular weight is 282 g/mol. The highest BCUT2D eigenvalue weighted by Crippen LogP contribution is 2.26. The van der Waals surface area contributed by atoms with Gasteiger partial charge in [0.2, 0.25) is 0 Å². The number of rotatable bonds is 3. The lowest BCUT2D eigenvalue weighted by Crippen LogP contribution is -2.28. The van der Waals surface area contributed by atoms with Gasteiger partial charge in [-0.1, -0.05) is 11.6 Å². The molecule has 0 aliphatic heterocycles. The second kappa shape index (κ2) is 5.30. The van der Waals surface area contributed by atoms with Crippen molar-refractivity contribution in [3.63, 3.8) is 0 Å². The number of hydrogen-bond donors (Lipinski definition) is 2. The topological polar surface area (TPSA) is 75.3 Å². The summed E-state index contributed by atoms with van der Waals surface area (Å²) in [6.45, 7) is 0.293. The van der Waals surface area contributed by atoms with Crippen LogP contribution in [-0.4, -0.2) is 37.3 Å². The maximum Gasteiger partial charge on any atom is 0.255 e. The molecule has 3 rings (SSSR count). The Hall–Kier alpha value is -1.40. The van der Waals surface area contributed by atoms with Gasteiger partial charge in [0.15, 0.2) is 0 Å². The fourth-order valence-electron chi connectivity index (χ4n) is 2.58. The van der Waals surface area contributed by atoms with Crippen molar-refractivity contribution in [1.82, 2.24) is 19.6 Å². The number of aliphatic hydroxyl groups is 1. The predicted molar refractivity (Wildman–Crippen MR) is 72.2 cm³/mol. The molecule has 0 atom stereocenters. The van der Waals surface area contributed by atoms with Gasteiger partial charge in [-0.05, 0) is 31.6 Å². The minimum absolute atomic E-state index is 0.293. The lowest BCUT2D eigenvalue weighted by Gasteiger charge is -2.28. The van der Waals surface area contributed by atoms with Crippen molar-refractivity contribution >= 4 is 23.2 Å². The first-order chi connectivity index (χ1) is 9.26. The molecule has 1 aliphatic rings. The van der Waals surface area contributed by atoms with Crippen molar-refractivity contribution in [1.29, 1.82) is 0 Å². The van der Waals surface area contributed by atoms with Gasteiger partial charge in [-0.3, -0.25) is 0 Å². The highest BCUT2D eigenvalue weighted by Gasteiger charge is 2.21. The molecule has 1 fully saturated rings. The fraction of sp³-hybridized carbons (Fsp3) is 0.583. The molecule has 1 saturated carbocycles. The van der Waals surface area contributed by atoms with Gasteiger partial charge in [-0.2, -0.15) is 19.6 Å². The quantitative estimate of drug-likeness (QED) is 0.838. The standard InChI is InChI=1S/C12H16ClN5O/c13-10-5-11(18-12(17-10)14-7-15-18)16-9-3-1-8(6-19)2-4-9/h5,7-9,16,19H,1-4,6H2. The number of anilines is 1. The predicted octanol–water partition coefficient (Wildman–Crippen LogP) is 1.74. The van der Waals surface area contributed by atoms with Crippen molar-refractivity contribution in [2.45, 2.75) is 31.7 Å². The van der Waals surface area contributed by atoms with Crippen LogP contribution in [0.3, 0.4) is 0 Å². The second-order valence-electron chi connectivity index (χ2n) is 4.98. The monoisotopic (exact) mass is 281 g/mol. The number of fused-ring (bicyclic) bond motifs is 1. The van der Waals surface area contributed by atoms with Crippen LogP contribution >= 0.6 is 11.6 Å². The van der Waals surface area contributed by atoms with E-state index in [1.807, 2.05) is 0 Å². The van der Waals surface area contributed by atoms with E-state index in [0.717, 1.165) is 31.5 Å². The lowest BCUT2D eigenvalue weighted by atomic mass is 9.86. The molecule has 2 N–H and O–H groups in total. The van der Waals surface area contributed by atoms with E-state index in [-0.39, 0.29) is 0 Å². The molecule has 2 aromatic heterocycles. The zero-order valence-electron chi connectivity index (χ0n) is 10.5. The summed E-state index contributed by atoms with van der Waals surface area (Å²) in [5.74, 6) is 1.77. The van der Waals surface area contributed by atoms with Crippen LogP contribution in [0.5, 0.6) is 0 Å². The summed E-state index contributed by atoms with van der Waals surface area (Å²) < 4.78 is 1.66. The summed E-state index contributed by atoms with van der Waals surface area (Å²) in [5, 5.41) is 17.1. The minimum atomic E-state index is 0.293. The molecule has 2 heterocycles. The normalized spacial score (nSPS) is 23.7. The molecule has 0 aromatic carbocycles.